The Labute approximate surface area is 118 Å². The topological polar surface area (TPSA) is 93.5 Å². The average Bonchev–Trinajstić information content (AvgIpc) is 2.69. The lowest BCUT2D eigenvalue weighted by Crippen LogP contribution is -2.36. The van der Waals surface area contributed by atoms with Crippen molar-refractivity contribution in [2.45, 2.75) is 38.6 Å². The molecule has 1 N–H and O–H groups in total. The summed E-state index contributed by atoms with van der Waals surface area (Å²) >= 11 is 0. The van der Waals surface area contributed by atoms with Crippen LogP contribution in [0.25, 0.3) is 0 Å². The minimum absolute atomic E-state index is 0.0833. The Morgan fingerprint density at radius 2 is 2.20 bits per heavy atom. The second-order valence-corrected chi connectivity index (χ2v) is 4.75. The van der Waals surface area contributed by atoms with Crippen LogP contribution in [0, 0.1) is 11.3 Å². The standard InChI is InChI=1S/C13H20N4O3/c1-3-5-10-12(19)17(13(20)15-10)9-6-11(18)16(2)8-4-7-14/h10H,3-6,8-9H2,1-2H3,(H,15,20). The van der Waals surface area contributed by atoms with Crippen molar-refractivity contribution in [3.05, 3.63) is 0 Å². The van der Waals surface area contributed by atoms with Crippen LogP contribution in [0.3, 0.4) is 0 Å². The first kappa shape index (κ1) is 16.0. The SMILES string of the molecule is CCCC1NC(=O)N(CCC(=O)N(C)CCC#N)C1=O. The highest BCUT2D eigenvalue weighted by atomic mass is 16.2. The van der Waals surface area contributed by atoms with Crippen LogP contribution in [0.15, 0.2) is 0 Å². The van der Waals surface area contributed by atoms with Gasteiger partial charge in [0.2, 0.25) is 5.91 Å². The van der Waals surface area contributed by atoms with Gasteiger partial charge < -0.3 is 10.2 Å². The summed E-state index contributed by atoms with van der Waals surface area (Å²) in [6.45, 7) is 2.38. The number of carbonyl (C=O) groups is 3. The molecule has 1 unspecified atom stereocenters. The Balaban J connectivity index is 2.45. The third-order valence-corrected chi connectivity index (χ3v) is 3.22. The number of hydrogen-bond acceptors (Lipinski definition) is 4. The minimum Gasteiger partial charge on any atom is -0.345 e. The Morgan fingerprint density at radius 1 is 1.50 bits per heavy atom. The van der Waals surface area contributed by atoms with Crippen LogP contribution in [-0.2, 0) is 9.59 Å². The molecule has 7 nitrogen and oxygen atoms in total. The largest absolute Gasteiger partial charge is 0.345 e. The van der Waals surface area contributed by atoms with E-state index in [1.165, 1.54) is 4.90 Å². The van der Waals surface area contributed by atoms with Gasteiger partial charge in [0.1, 0.15) is 6.04 Å². The lowest BCUT2D eigenvalue weighted by Gasteiger charge is -2.17. The summed E-state index contributed by atoms with van der Waals surface area (Å²) in [5, 5.41) is 11.1. The van der Waals surface area contributed by atoms with E-state index in [2.05, 4.69) is 5.32 Å². The molecule has 4 amide bonds. The second-order valence-electron chi connectivity index (χ2n) is 4.75. The first-order valence-electron chi connectivity index (χ1n) is 6.74. The van der Waals surface area contributed by atoms with Gasteiger partial charge in [0.15, 0.2) is 0 Å². The fourth-order valence-corrected chi connectivity index (χ4v) is 2.01. The maximum atomic E-state index is 11.9. The number of nitriles is 1. The lowest BCUT2D eigenvalue weighted by atomic mass is 10.1. The average molecular weight is 280 g/mol. The highest BCUT2D eigenvalue weighted by Crippen LogP contribution is 2.11. The van der Waals surface area contributed by atoms with E-state index in [0.29, 0.717) is 13.0 Å². The summed E-state index contributed by atoms with van der Waals surface area (Å²) in [6, 6.07) is 1.07. The molecule has 0 spiro atoms. The van der Waals surface area contributed by atoms with Crippen LogP contribution in [-0.4, -0.2) is 53.8 Å². The molecule has 1 rings (SSSR count). The second kappa shape index (κ2) is 7.48. The molecule has 0 aromatic rings. The summed E-state index contributed by atoms with van der Waals surface area (Å²) in [5.41, 5.74) is 0. The highest BCUT2D eigenvalue weighted by Gasteiger charge is 2.37. The van der Waals surface area contributed by atoms with Crippen molar-refractivity contribution in [1.29, 1.82) is 5.26 Å². The zero-order chi connectivity index (χ0) is 15.1. The molecule has 7 heteroatoms. The molecule has 0 aromatic carbocycles. The Hall–Kier alpha value is -2.10. The number of urea groups is 1. The molecule has 1 fully saturated rings. The molecule has 1 aliphatic heterocycles. The van der Waals surface area contributed by atoms with E-state index in [4.69, 9.17) is 5.26 Å². The van der Waals surface area contributed by atoms with Gasteiger partial charge in [0, 0.05) is 26.6 Å². The van der Waals surface area contributed by atoms with Gasteiger partial charge in [-0.05, 0) is 6.42 Å². The molecule has 0 saturated carbocycles. The van der Waals surface area contributed by atoms with Gasteiger partial charge in [-0.3, -0.25) is 14.5 Å². The third-order valence-electron chi connectivity index (χ3n) is 3.22. The van der Waals surface area contributed by atoms with E-state index < -0.39 is 12.1 Å². The molecule has 0 aliphatic carbocycles. The molecule has 1 saturated heterocycles. The van der Waals surface area contributed by atoms with Gasteiger partial charge in [-0.1, -0.05) is 13.3 Å². The van der Waals surface area contributed by atoms with Crippen LogP contribution in [0.4, 0.5) is 4.79 Å². The summed E-state index contributed by atoms with van der Waals surface area (Å²) in [5.74, 6) is -0.441. The minimum atomic E-state index is -0.459. The molecule has 1 heterocycles. The first-order valence-corrected chi connectivity index (χ1v) is 6.74. The van der Waals surface area contributed by atoms with Gasteiger partial charge in [-0.15, -0.1) is 0 Å². The quantitative estimate of drug-likeness (QED) is 0.686. The molecule has 1 atom stereocenters. The number of rotatable bonds is 7. The molecule has 0 bridgehead atoms. The van der Waals surface area contributed by atoms with Gasteiger partial charge >= 0.3 is 6.03 Å². The van der Waals surface area contributed by atoms with E-state index >= 15 is 0 Å². The summed E-state index contributed by atoms with van der Waals surface area (Å²) in [6.07, 6.45) is 1.77. The Bertz CT molecular complexity index is 430. The van der Waals surface area contributed by atoms with Crippen LogP contribution in [0.5, 0.6) is 0 Å². The van der Waals surface area contributed by atoms with Crippen LogP contribution in [0.2, 0.25) is 0 Å². The predicted octanol–water partition coefficient (Wildman–Crippen LogP) is 0.469. The van der Waals surface area contributed by atoms with E-state index in [1.807, 2.05) is 13.0 Å². The highest BCUT2D eigenvalue weighted by molar-refractivity contribution is 6.04. The monoisotopic (exact) mass is 280 g/mol. The van der Waals surface area contributed by atoms with Gasteiger partial charge in [0.05, 0.1) is 12.5 Å². The van der Waals surface area contributed by atoms with Crippen LogP contribution >= 0.6 is 0 Å². The molecule has 0 aromatic heterocycles. The zero-order valence-electron chi connectivity index (χ0n) is 11.9. The fourth-order valence-electron chi connectivity index (χ4n) is 2.01. The van der Waals surface area contributed by atoms with Gasteiger partial charge in [-0.2, -0.15) is 5.26 Å². The number of carbonyl (C=O) groups excluding carboxylic acids is 3. The van der Waals surface area contributed by atoms with Crippen LogP contribution in [0.1, 0.15) is 32.6 Å². The summed E-state index contributed by atoms with van der Waals surface area (Å²) < 4.78 is 0. The smallest absolute Gasteiger partial charge is 0.324 e. The van der Waals surface area contributed by atoms with Crippen molar-refractivity contribution in [2.75, 3.05) is 20.1 Å². The number of nitrogens with one attached hydrogen (secondary N) is 1. The van der Waals surface area contributed by atoms with E-state index in [-0.39, 0.29) is 31.2 Å². The Morgan fingerprint density at radius 3 is 2.80 bits per heavy atom. The molecular formula is C13H20N4O3. The third kappa shape index (κ3) is 3.95. The number of nitrogens with zero attached hydrogens (tertiary/aromatic N) is 3. The fraction of sp³-hybridized carbons (Fsp3) is 0.692. The van der Waals surface area contributed by atoms with Crippen molar-refractivity contribution in [2.24, 2.45) is 0 Å². The van der Waals surface area contributed by atoms with Crippen LogP contribution < -0.4 is 5.32 Å². The van der Waals surface area contributed by atoms with Crippen molar-refractivity contribution in [3.63, 3.8) is 0 Å². The molecule has 20 heavy (non-hydrogen) atoms. The van der Waals surface area contributed by atoms with Crippen molar-refractivity contribution in [1.82, 2.24) is 15.1 Å². The predicted molar refractivity (Wildman–Crippen MR) is 71.4 cm³/mol. The summed E-state index contributed by atoms with van der Waals surface area (Å²) in [7, 11) is 1.60. The number of hydrogen-bond donors (Lipinski definition) is 1. The normalized spacial score (nSPS) is 17.9. The molecular weight excluding hydrogens is 260 g/mol. The van der Waals surface area contributed by atoms with Gasteiger partial charge in [-0.25, -0.2) is 4.79 Å². The van der Waals surface area contributed by atoms with E-state index in [1.54, 1.807) is 7.05 Å². The van der Waals surface area contributed by atoms with Gasteiger partial charge in [0.25, 0.3) is 5.91 Å². The maximum Gasteiger partial charge on any atom is 0.324 e. The number of imide groups is 1. The summed E-state index contributed by atoms with van der Waals surface area (Å²) in [4.78, 5) is 37.9. The zero-order valence-corrected chi connectivity index (χ0v) is 11.9. The Kier molecular flexibility index (Phi) is 5.97. The van der Waals surface area contributed by atoms with Crippen molar-refractivity contribution >= 4 is 17.8 Å². The number of amides is 4. The van der Waals surface area contributed by atoms with Crippen molar-refractivity contribution in [3.8, 4) is 6.07 Å². The molecule has 0 radical (unpaired) electrons. The van der Waals surface area contributed by atoms with Crippen molar-refractivity contribution < 1.29 is 14.4 Å². The maximum absolute atomic E-state index is 11.9. The first-order chi connectivity index (χ1) is 9.51. The van der Waals surface area contributed by atoms with E-state index in [9.17, 15) is 14.4 Å². The lowest BCUT2D eigenvalue weighted by molar-refractivity contribution is -0.131. The molecule has 110 valence electrons. The van der Waals surface area contributed by atoms with E-state index in [0.717, 1.165) is 11.3 Å². The molecule has 1 aliphatic rings.